The molecule has 0 bridgehead atoms. The second-order valence-corrected chi connectivity index (χ2v) is 7.09. The van der Waals surface area contributed by atoms with Crippen LogP contribution in [0.5, 0.6) is 5.75 Å². The summed E-state index contributed by atoms with van der Waals surface area (Å²) in [5.41, 5.74) is -5.04. The highest BCUT2D eigenvalue weighted by Crippen LogP contribution is 2.37. The molecule has 0 atom stereocenters. The van der Waals surface area contributed by atoms with Crippen molar-refractivity contribution < 1.29 is 54.3 Å². The van der Waals surface area contributed by atoms with E-state index in [0.717, 1.165) is 24.3 Å². The smallest absolute Gasteiger partial charge is 0.443 e. The Bertz CT molecular complexity index is 1350. The molecule has 2 aromatic carbocycles. The van der Waals surface area contributed by atoms with Gasteiger partial charge in [0.05, 0.1) is 16.7 Å². The van der Waals surface area contributed by atoms with E-state index in [9.17, 15) is 40.3 Å². The largest absolute Gasteiger partial charge is 0.497 e. The number of carboxylic acids is 1. The summed E-state index contributed by atoms with van der Waals surface area (Å²) in [6.07, 6.45) is -5.17. The standard InChI is InChI=1S/C19H9F7N2O4S/c1-32-7-4-2-3-6(5-7)8-9(20)11(22)13(12(23)10(8)21)27-16(29)15-14(17(30)31)28-18(33-15)19(24,25)26/h2-5H,1H3,(H,27,29)(H,30,31)/i1D3. The fraction of sp³-hybridized carbons (Fsp3) is 0.105. The minimum absolute atomic E-state index is 0.434. The number of benzene rings is 2. The molecule has 1 heterocycles. The van der Waals surface area contributed by atoms with E-state index in [1.54, 1.807) is 0 Å². The van der Waals surface area contributed by atoms with Gasteiger partial charge < -0.3 is 15.2 Å². The highest BCUT2D eigenvalue weighted by atomic mass is 32.1. The van der Waals surface area contributed by atoms with Gasteiger partial charge >= 0.3 is 12.1 Å². The third-order valence-electron chi connectivity index (χ3n) is 4.02. The number of ether oxygens (including phenoxy) is 1. The third-order valence-corrected chi connectivity index (χ3v) is 5.12. The second-order valence-electron chi connectivity index (χ2n) is 6.09. The van der Waals surface area contributed by atoms with Crippen molar-refractivity contribution in [2.75, 3.05) is 12.4 Å². The van der Waals surface area contributed by atoms with Gasteiger partial charge in [-0.15, -0.1) is 11.3 Å². The average molecular weight is 497 g/mol. The maximum atomic E-state index is 14.7. The Morgan fingerprint density at radius 1 is 1.12 bits per heavy atom. The first-order valence-corrected chi connectivity index (χ1v) is 9.11. The summed E-state index contributed by atoms with van der Waals surface area (Å²) >= 11 is -0.473. The number of anilines is 1. The minimum Gasteiger partial charge on any atom is -0.497 e. The predicted molar refractivity (Wildman–Crippen MR) is 100 cm³/mol. The van der Waals surface area contributed by atoms with Crippen LogP contribution in [0.15, 0.2) is 24.3 Å². The van der Waals surface area contributed by atoms with E-state index in [0.29, 0.717) is 0 Å². The number of methoxy groups -OCH3 is 1. The molecule has 33 heavy (non-hydrogen) atoms. The molecular weight excluding hydrogens is 485 g/mol. The summed E-state index contributed by atoms with van der Waals surface area (Å²) in [4.78, 5) is 25.0. The van der Waals surface area contributed by atoms with Gasteiger partial charge in [0, 0.05) is 0 Å². The molecule has 0 spiro atoms. The number of rotatable bonds is 5. The monoisotopic (exact) mass is 497 g/mol. The summed E-state index contributed by atoms with van der Waals surface area (Å²) in [5, 5.41) is 8.56. The number of amides is 1. The van der Waals surface area contributed by atoms with Crippen LogP contribution in [-0.4, -0.2) is 29.0 Å². The lowest BCUT2D eigenvalue weighted by Crippen LogP contribution is -2.18. The van der Waals surface area contributed by atoms with Crippen LogP contribution in [0.1, 0.15) is 29.3 Å². The van der Waals surface area contributed by atoms with Gasteiger partial charge in [0.15, 0.2) is 34.0 Å². The normalized spacial score (nSPS) is 13.1. The minimum atomic E-state index is -5.17. The zero-order valence-electron chi connectivity index (χ0n) is 18.5. The lowest BCUT2D eigenvalue weighted by Gasteiger charge is -2.13. The van der Waals surface area contributed by atoms with Gasteiger partial charge in [-0.05, 0) is 17.7 Å². The van der Waals surface area contributed by atoms with Crippen LogP contribution in [0.2, 0.25) is 0 Å². The molecule has 0 aliphatic carbocycles. The molecule has 0 aliphatic rings. The van der Waals surface area contributed by atoms with Crippen LogP contribution in [-0.2, 0) is 6.18 Å². The van der Waals surface area contributed by atoms with Crippen molar-refractivity contribution in [3.63, 3.8) is 0 Å². The lowest BCUT2D eigenvalue weighted by molar-refractivity contribution is -0.137. The molecule has 3 aromatic rings. The summed E-state index contributed by atoms with van der Waals surface area (Å²) in [7, 11) is -2.96. The average Bonchev–Trinajstić information content (AvgIpc) is 3.21. The Morgan fingerprint density at radius 3 is 2.30 bits per heavy atom. The topological polar surface area (TPSA) is 88.5 Å². The van der Waals surface area contributed by atoms with Crippen LogP contribution in [0.25, 0.3) is 11.1 Å². The van der Waals surface area contributed by atoms with E-state index < -0.39 is 97.8 Å². The SMILES string of the molecule is [2H]C([2H])([2H])Oc1cccc(-c2c(F)c(F)c(NC(=O)c3sc(C(F)(F)F)nc3C(=O)O)c(F)c2F)c1. The van der Waals surface area contributed by atoms with Gasteiger partial charge in [0.25, 0.3) is 5.91 Å². The Labute approximate surface area is 187 Å². The quantitative estimate of drug-likeness (QED) is 0.367. The summed E-state index contributed by atoms with van der Waals surface area (Å²) in [6, 6.07) is 3.87. The molecule has 3 rings (SSSR count). The highest BCUT2D eigenvalue weighted by molar-refractivity contribution is 7.14. The van der Waals surface area contributed by atoms with E-state index in [-0.39, 0.29) is 0 Å². The summed E-state index contributed by atoms with van der Waals surface area (Å²) < 4.78 is 123. The molecule has 0 radical (unpaired) electrons. The number of aromatic nitrogens is 1. The molecule has 2 N–H and O–H groups in total. The molecule has 1 amide bonds. The van der Waals surface area contributed by atoms with Crippen molar-refractivity contribution in [2.45, 2.75) is 6.18 Å². The van der Waals surface area contributed by atoms with Crippen molar-refractivity contribution in [3.05, 3.63) is 63.1 Å². The van der Waals surface area contributed by atoms with Crippen molar-refractivity contribution in [2.24, 2.45) is 0 Å². The maximum absolute atomic E-state index is 14.7. The van der Waals surface area contributed by atoms with Crippen LogP contribution in [0, 0.1) is 23.3 Å². The number of hydrogen-bond donors (Lipinski definition) is 2. The van der Waals surface area contributed by atoms with Crippen molar-refractivity contribution in [1.29, 1.82) is 0 Å². The molecule has 0 saturated heterocycles. The van der Waals surface area contributed by atoms with Crippen molar-refractivity contribution >= 4 is 28.9 Å². The first-order valence-electron chi connectivity index (χ1n) is 9.79. The zero-order chi connectivity index (χ0) is 27.2. The van der Waals surface area contributed by atoms with Crippen molar-refractivity contribution in [1.82, 2.24) is 4.98 Å². The Balaban J connectivity index is 2.06. The number of carbonyl (C=O) groups excluding carboxylic acids is 1. The number of nitrogens with zero attached hydrogens (tertiary/aromatic N) is 1. The van der Waals surface area contributed by atoms with Crippen LogP contribution in [0.3, 0.4) is 0 Å². The third kappa shape index (κ3) is 4.46. The molecule has 0 fully saturated rings. The molecule has 174 valence electrons. The van der Waals surface area contributed by atoms with Crippen LogP contribution >= 0.6 is 11.3 Å². The van der Waals surface area contributed by atoms with Crippen LogP contribution in [0.4, 0.5) is 36.4 Å². The molecule has 1 aromatic heterocycles. The highest BCUT2D eigenvalue weighted by Gasteiger charge is 2.39. The molecular formula is C19H9F7N2O4S. The second kappa shape index (κ2) is 8.69. The van der Waals surface area contributed by atoms with Crippen molar-refractivity contribution in [3.8, 4) is 16.9 Å². The number of alkyl halides is 3. The first-order chi connectivity index (χ1) is 16.5. The fourth-order valence-electron chi connectivity index (χ4n) is 2.62. The number of nitrogens with one attached hydrogen (secondary N) is 1. The lowest BCUT2D eigenvalue weighted by atomic mass is 10.0. The first kappa shape index (κ1) is 20.0. The molecule has 6 nitrogen and oxygen atoms in total. The molecule has 0 saturated carbocycles. The molecule has 0 unspecified atom stereocenters. The van der Waals surface area contributed by atoms with Gasteiger partial charge in [-0.3, -0.25) is 4.79 Å². The number of carboxylic acid groups (broad SMARTS) is 1. The maximum Gasteiger partial charge on any atom is 0.443 e. The van der Waals surface area contributed by atoms with E-state index in [4.69, 9.17) is 9.22 Å². The zero-order valence-corrected chi connectivity index (χ0v) is 16.3. The van der Waals surface area contributed by atoms with E-state index >= 15 is 0 Å². The Hall–Kier alpha value is -3.68. The Morgan fingerprint density at radius 2 is 1.76 bits per heavy atom. The van der Waals surface area contributed by atoms with E-state index in [1.807, 2.05) is 0 Å². The number of carbonyl (C=O) groups is 2. The number of thiazole rings is 1. The predicted octanol–water partition coefficient (Wildman–Crippen LogP) is 5.34. The van der Waals surface area contributed by atoms with Gasteiger partial charge in [-0.25, -0.2) is 27.3 Å². The summed E-state index contributed by atoms with van der Waals surface area (Å²) in [6.45, 7) is 0. The van der Waals surface area contributed by atoms with Crippen LogP contribution < -0.4 is 10.1 Å². The number of halogens is 7. The van der Waals surface area contributed by atoms with E-state index in [1.165, 1.54) is 5.32 Å². The van der Waals surface area contributed by atoms with Gasteiger partial charge in [-0.1, -0.05) is 12.1 Å². The Kier molecular flexibility index (Phi) is 5.26. The molecule has 14 heteroatoms. The number of aromatic carboxylic acids is 1. The fourth-order valence-corrected chi connectivity index (χ4v) is 3.44. The van der Waals surface area contributed by atoms with Gasteiger partial charge in [0.1, 0.15) is 16.3 Å². The van der Waals surface area contributed by atoms with Gasteiger partial charge in [0.2, 0.25) is 0 Å². The molecule has 0 aliphatic heterocycles. The van der Waals surface area contributed by atoms with Gasteiger partial charge in [-0.2, -0.15) is 13.2 Å². The summed E-state index contributed by atoms with van der Waals surface area (Å²) in [5.74, 6) is -12.8. The number of hydrogen-bond acceptors (Lipinski definition) is 5. The van der Waals surface area contributed by atoms with E-state index in [2.05, 4.69) is 9.72 Å².